The fraction of sp³-hybridized carbons (Fsp3) is 0.692. The van der Waals surface area contributed by atoms with Gasteiger partial charge in [0.15, 0.2) is 0 Å². The first-order chi connectivity index (χ1) is 7.29. The molecular formula is C13H21NO. The predicted molar refractivity (Wildman–Crippen MR) is 62.0 cm³/mol. The van der Waals surface area contributed by atoms with Crippen LogP contribution in [-0.2, 0) is 6.42 Å². The Morgan fingerprint density at radius 1 is 1.33 bits per heavy atom. The van der Waals surface area contributed by atoms with Crippen LogP contribution < -0.4 is 5.32 Å². The number of furan rings is 1. The van der Waals surface area contributed by atoms with Crippen LogP contribution in [0.3, 0.4) is 0 Å². The van der Waals surface area contributed by atoms with E-state index in [9.17, 15) is 0 Å². The van der Waals surface area contributed by atoms with E-state index in [1.165, 1.54) is 25.7 Å². The first-order valence-corrected chi connectivity index (χ1v) is 6.02. The van der Waals surface area contributed by atoms with E-state index in [0.29, 0.717) is 6.04 Å². The molecule has 0 radical (unpaired) electrons. The van der Waals surface area contributed by atoms with Gasteiger partial charge in [-0.3, -0.25) is 0 Å². The predicted octanol–water partition coefficient (Wildman–Crippen LogP) is 2.91. The minimum absolute atomic E-state index is 0.684. The third kappa shape index (κ3) is 2.63. The molecule has 1 saturated carbocycles. The van der Waals surface area contributed by atoms with Gasteiger partial charge in [0, 0.05) is 12.5 Å². The minimum Gasteiger partial charge on any atom is -0.466 e. The summed E-state index contributed by atoms with van der Waals surface area (Å²) in [6.45, 7) is 2.01. The summed E-state index contributed by atoms with van der Waals surface area (Å²) in [7, 11) is 2.08. The summed E-state index contributed by atoms with van der Waals surface area (Å²) >= 11 is 0. The van der Waals surface area contributed by atoms with Crippen molar-refractivity contribution in [1.82, 2.24) is 5.32 Å². The van der Waals surface area contributed by atoms with E-state index in [4.69, 9.17) is 4.42 Å². The van der Waals surface area contributed by atoms with Gasteiger partial charge in [0.2, 0.25) is 0 Å². The number of aryl methyl sites for hydroxylation is 1. The molecule has 1 heterocycles. The second-order valence-corrected chi connectivity index (χ2v) is 4.66. The fourth-order valence-electron chi connectivity index (χ4n) is 2.69. The molecule has 1 fully saturated rings. The third-order valence-electron chi connectivity index (χ3n) is 3.54. The average molecular weight is 207 g/mol. The zero-order chi connectivity index (χ0) is 10.7. The van der Waals surface area contributed by atoms with E-state index in [1.807, 2.05) is 6.92 Å². The lowest BCUT2D eigenvalue weighted by atomic mass is 9.82. The Labute approximate surface area is 92.1 Å². The molecule has 0 bridgehead atoms. The van der Waals surface area contributed by atoms with Crippen molar-refractivity contribution in [1.29, 1.82) is 0 Å². The summed E-state index contributed by atoms with van der Waals surface area (Å²) in [5, 5.41) is 3.44. The SMILES string of the molecule is CNC1CCCCC1Cc1ccc(C)o1. The van der Waals surface area contributed by atoms with Crippen molar-refractivity contribution in [2.45, 2.75) is 45.1 Å². The molecule has 1 aliphatic rings. The van der Waals surface area contributed by atoms with Crippen LogP contribution >= 0.6 is 0 Å². The van der Waals surface area contributed by atoms with Crippen molar-refractivity contribution < 1.29 is 4.42 Å². The van der Waals surface area contributed by atoms with Gasteiger partial charge in [0.05, 0.1) is 0 Å². The summed E-state index contributed by atoms with van der Waals surface area (Å²) in [5.74, 6) is 2.94. The first-order valence-electron chi connectivity index (χ1n) is 6.02. The molecule has 2 nitrogen and oxygen atoms in total. The lowest BCUT2D eigenvalue weighted by Gasteiger charge is -2.30. The smallest absolute Gasteiger partial charge is 0.104 e. The van der Waals surface area contributed by atoms with Crippen molar-refractivity contribution in [3.05, 3.63) is 23.7 Å². The van der Waals surface area contributed by atoms with Gasteiger partial charge in [-0.05, 0) is 44.9 Å². The Morgan fingerprint density at radius 3 is 2.80 bits per heavy atom. The molecule has 2 atom stereocenters. The summed E-state index contributed by atoms with van der Waals surface area (Å²) in [4.78, 5) is 0. The Bertz CT molecular complexity index is 305. The highest BCUT2D eigenvalue weighted by molar-refractivity contribution is 5.07. The zero-order valence-corrected chi connectivity index (χ0v) is 9.75. The van der Waals surface area contributed by atoms with Crippen molar-refractivity contribution in [2.24, 2.45) is 5.92 Å². The number of hydrogen-bond acceptors (Lipinski definition) is 2. The van der Waals surface area contributed by atoms with Gasteiger partial charge in [0.25, 0.3) is 0 Å². The van der Waals surface area contributed by atoms with Crippen molar-refractivity contribution >= 4 is 0 Å². The van der Waals surface area contributed by atoms with E-state index in [-0.39, 0.29) is 0 Å². The fourth-order valence-corrected chi connectivity index (χ4v) is 2.69. The van der Waals surface area contributed by atoms with E-state index < -0.39 is 0 Å². The van der Waals surface area contributed by atoms with Gasteiger partial charge in [-0.15, -0.1) is 0 Å². The molecule has 2 heteroatoms. The van der Waals surface area contributed by atoms with E-state index in [2.05, 4.69) is 24.5 Å². The first kappa shape index (κ1) is 10.7. The molecule has 0 aliphatic heterocycles. The summed E-state index contributed by atoms with van der Waals surface area (Å²) in [5.41, 5.74) is 0. The average Bonchev–Trinajstić information content (AvgIpc) is 2.65. The Hall–Kier alpha value is -0.760. The molecule has 0 saturated heterocycles. The maximum absolute atomic E-state index is 5.65. The number of rotatable bonds is 3. The highest BCUT2D eigenvalue weighted by Gasteiger charge is 2.24. The monoisotopic (exact) mass is 207 g/mol. The second kappa shape index (κ2) is 4.84. The highest BCUT2D eigenvalue weighted by atomic mass is 16.3. The van der Waals surface area contributed by atoms with Gasteiger partial charge in [-0.25, -0.2) is 0 Å². The van der Waals surface area contributed by atoms with E-state index in [0.717, 1.165) is 23.9 Å². The van der Waals surface area contributed by atoms with Crippen LogP contribution in [0.2, 0.25) is 0 Å². The zero-order valence-electron chi connectivity index (χ0n) is 9.75. The molecule has 1 aromatic rings. The molecule has 1 aromatic heterocycles. The molecule has 0 aromatic carbocycles. The maximum Gasteiger partial charge on any atom is 0.104 e. The molecule has 2 rings (SSSR count). The van der Waals surface area contributed by atoms with E-state index in [1.54, 1.807) is 0 Å². The molecule has 0 amide bonds. The molecule has 2 unspecified atom stereocenters. The summed E-state index contributed by atoms with van der Waals surface area (Å²) in [6.07, 6.45) is 6.51. The Kier molecular flexibility index (Phi) is 3.47. The Balaban J connectivity index is 1.97. The van der Waals surface area contributed by atoms with Crippen LogP contribution in [0.4, 0.5) is 0 Å². The number of hydrogen-bond donors (Lipinski definition) is 1. The third-order valence-corrected chi connectivity index (χ3v) is 3.54. The lowest BCUT2D eigenvalue weighted by Crippen LogP contribution is -2.37. The molecule has 1 N–H and O–H groups in total. The highest BCUT2D eigenvalue weighted by Crippen LogP contribution is 2.27. The van der Waals surface area contributed by atoms with Crippen LogP contribution in [0.15, 0.2) is 16.5 Å². The molecular weight excluding hydrogens is 186 g/mol. The molecule has 15 heavy (non-hydrogen) atoms. The number of nitrogens with one attached hydrogen (secondary N) is 1. The maximum atomic E-state index is 5.65. The normalized spacial score (nSPS) is 26.8. The van der Waals surface area contributed by atoms with Crippen molar-refractivity contribution in [2.75, 3.05) is 7.05 Å². The van der Waals surface area contributed by atoms with Gasteiger partial charge in [0.1, 0.15) is 11.5 Å². The summed E-state index contributed by atoms with van der Waals surface area (Å²) < 4.78 is 5.65. The van der Waals surface area contributed by atoms with Crippen LogP contribution in [0.25, 0.3) is 0 Å². The van der Waals surface area contributed by atoms with Gasteiger partial charge in [-0.2, -0.15) is 0 Å². The summed E-state index contributed by atoms with van der Waals surface area (Å²) in [6, 6.07) is 4.87. The standard InChI is InChI=1S/C13H21NO/c1-10-7-8-12(15-10)9-11-5-3-4-6-13(11)14-2/h7-8,11,13-14H,3-6,9H2,1-2H3. The molecule has 84 valence electrons. The van der Waals surface area contributed by atoms with Crippen LogP contribution in [-0.4, -0.2) is 13.1 Å². The van der Waals surface area contributed by atoms with Crippen molar-refractivity contribution in [3.63, 3.8) is 0 Å². The van der Waals surface area contributed by atoms with Gasteiger partial charge >= 0.3 is 0 Å². The largest absolute Gasteiger partial charge is 0.466 e. The minimum atomic E-state index is 0.684. The van der Waals surface area contributed by atoms with Crippen molar-refractivity contribution in [3.8, 4) is 0 Å². The lowest BCUT2D eigenvalue weighted by molar-refractivity contribution is 0.259. The molecule has 0 spiro atoms. The van der Waals surface area contributed by atoms with Gasteiger partial charge in [-0.1, -0.05) is 12.8 Å². The Morgan fingerprint density at radius 2 is 2.13 bits per heavy atom. The molecule has 1 aliphatic carbocycles. The topological polar surface area (TPSA) is 25.2 Å². The van der Waals surface area contributed by atoms with Crippen LogP contribution in [0, 0.1) is 12.8 Å². The van der Waals surface area contributed by atoms with E-state index >= 15 is 0 Å². The van der Waals surface area contributed by atoms with Crippen LogP contribution in [0.1, 0.15) is 37.2 Å². The van der Waals surface area contributed by atoms with Gasteiger partial charge < -0.3 is 9.73 Å². The quantitative estimate of drug-likeness (QED) is 0.824. The van der Waals surface area contributed by atoms with Crippen LogP contribution in [0.5, 0.6) is 0 Å². The second-order valence-electron chi connectivity index (χ2n) is 4.66.